The summed E-state index contributed by atoms with van der Waals surface area (Å²) in [5.74, 6) is -2.61. The molecular weight excluding hydrogens is 1080 g/mol. The molecule has 10 heteroatoms. The van der Waals surface area contributed by atoms with Crippen LogP contribution >= 0.6 is 0 Å². The molecule has 6 N–H and O–H groups in total. The molecule has 0 saturated carbocycles. The van der Waals surface area contributed by atoms with E-state index in [2.05, 4.69) is 27.7 Å². The molecule has 0 aliphatic heterocycles. The van der Waals surface area contributed by atoms with Gasteiger partial charge in [0.2, 0.25) is 0 Å². The molecule has 0 spiro atoms. The number of aliphatic carboxylic acids is 4. The molecule has 0 aliphatic carbocycles. The third kappa shape index (κ3) is 109. The van der Waals surface area contributed by atoms with E-state index in [9.17, 15) is 19.2 Å². The number of aliphatic hydroxyl groups excluding tert-OH is 2. The van der Waals surface area contributed by atoms with Crippen LogP contribution in [0.4, 0.5) is 0 Å². The lowest BCUT2D eigenvalue weighted by Crippen LogP contribution is -2.20. The second-order valence-electron chi connectivity index (χ2n) is 26.9. The van der Waals surface area contributed by atoms with E-state index in [0.717, 1.165) is 51.4 Å². The van der Waals surface area contributed by atoms with Gasteiger partial charge in [-0.3, -0.25) is 19.2 Å². The molecule has 0 saturated heterocycles. The van der Waals surface area contributed by atoms with Crippen LogP contribution in [0.2, 0.25) is 0 Å². The maximum atomic E-state index is 10.3. The van der Waals surface area contributed by atoms with Crippen LogP contribution in [-0.4, -0.2) is 67.7 Å². The molecule has 0 aliphatic rings. The van der Waals surface area contributed by atoms with E-state index >= 15 is 0 Å². The van der Waals surface area contributed by atoms with Crippen molar-refractivity contribution in [2.45, 2.75) is 452 Å². The van der Waals surface area contributed by atoms with Crippen LogP contribution in [0.3, 0.4) is 0 Å². The minimum absolute atomic E-state index is 0.0451. The topological polar surface area (TPSA) is 190 Å². The van der Waals surface area contributed by atoms with Gasteiger partial charge in [0.25, 0.3) is 0 Å². The molecule has 0 bridgehead atoms. The van der Waals surface area contributed by atoms with Gasteiger partial charge in [0.05, 0.1) is 13.2 Å². The van der Waals surface area contributed by atoms with Crippen molar-refractivity contribution >= 4 is 23.9 Å². The predicted octanol–water partition coefficient (Wildman–Crippen LogP) is 25.3. The van der Waals surface area contributed by atoms with Gasteiger partial charge in [-0.05, 0) is 25.7 Å². The average Bonchev–Trinajstić information content (AvgIpc) is 3.50. The third-order valence-electron chi connectivity index (χ3n) is 16.8. The van der Waals surface area contributed by atoms with Crippen molar-refractivity contribution in [2.24, 2.45) is 5.41 Å². The summed E-state index contributed by atoms with van der Waals surface area (Å²) in [7, 11) is 0. The van der Waals surface area contributed by atoms with E-state index in [1.165, 1.54) is 334 Å². The summed E-state index contributed by atoms with van der Waals surface area (Å²) in [6, 6.07) is 0. The highest BCUT2D eigenvalue weighted by molar-refractivity contribution is 5.67. The Hall–Kier alpha value is -2.20. The Bertz CT molecular complexity index is 1110. The van der Waals surface area contributed by atoms with Crippen LogP contribution in [0.15, 0.2) is 0 Å². The molecule has 0 aromatic carbocycles. The monoisotopic (exact) mass is 1240 g/mol. The van der Waals surface area contributed by atoms with Gasteiger partial charge in [0, 0.05) is 31.1 Å². The van der Waals surface area contributed by atoms with Crippen LogP contribution in [0.1, 0.15) is 452 Å². The Balaban J connectivity index is -0.000000331. The van der Waals surface area contributed by atoms with Crippen LogP contribution in [0.25, 0.3) is 0 Å². The third-order valence-corrected chi connectivity index (χ3v) is 16.8. The number of carboxylic acid groups (broad SMARTS) is 4. The molecule has 0 aromatic heterocycles. The largest absolute Gasteiger partial charge is 0.481 e. The second kappa shape index (κ2) is 85.9. The maximum Gasteiger partial charge on any atom is 0.303 e. The first-order valence-electron chi connectivity index (χ1n) is 38.3. The fraction of sp³-hybridized carbons (Fsp3) is 0.948. The normalized spacial score (nSPS) is 10.9. The van der Waals surface area contributed by atoms with Gasteiger partial charge in [-0.1, -0.05) is 401 Å². The molecule has 0 rings (SSSR count). The molecule has 0 heterocycles. The highest BCUT2D eigenvalue weighted by Crippen LogP contribution is 2.18. The van der Waals surface area contributed by atoms with Crippen LogP contribution in [-0.2, 0) is 19.2 Å². The quantitative estimate of drug-likeness (QED) is 0.0320. The van der Waals surface area contributed by atoms with Gasteiger partial charge in [-0.2, -0.15) is 0 Å². The zero-order chi connectivity index (χ0) is 65.5. The summed E-state index contributed by atoms with van der Waals surface area (Å²) in [5, 5.41) is 50.9. The first-order chi connectivity index (χ1) is 42.2. The van der Waals surface area contributed by atoms with Gasteiger partial charge in [-0.15, -0.1) is 0 Å². The molecule has 0 aromatic rings. The SMILES string of the molecule is CC(C)(CO)CO.CCCCCCCCCCCCCCCCCC(=O)O.CCCCCCCCCCCCCCCCCC(=O)O.CCCCCCCCCCCCCCCCCC(=O)O.CCCCCCCCCCCCCCCCCC(=O)O. The Morgan fingerprint density at radius 2 is 0.287 bits per heavy atom. The fourth-order valence-corrected chi connectivity index (χ4v) is 10.6. The molecule has 524 valence electrons. The standard InChI is InChI=1S/4C18H36O2.C5H12O2/c4*1-2-3-4-5-6-7-8-9-10-11-12-13-14-15-16-17-18(19)20;1-5(2,3-6)4-7/h4*2-17H2,1H3,(H,19,20);6-7H,3-4H2,1-2H3. The van der Waals surface area contributed by atoms with Crippen molar-refractivity contribution in [3.63, 3.8) is 0 Å². The zero-order valence-corrected chi connectivity index (χ0v) is 59.5. The van der Waals surface area contributed by atoms with E-state index in [1.807, 2.05) is 0 Å². The molecule has 0 amide bonds. The van der Waals surface area contributed by atoms with Crippen molar-refractivity contribution in [1.82, 2.24) is 0 Å². The van der Waals surface area contributed by atoms with Crippen molar-refractivity contribution in [3.05, 3.63) is 0 Å². The first kappa shape index (κ1) is 93.5. The van der Waals surface area contributed by atoms with Crippen LogP contribution in [0.5, 0.6) is 0 Å². The number of hydrogen-bond acceptors (Lipinski definition) is 6. The van der Waals surface area contributed by atoms with Gasteiger partial charge in [0.1, 0.15) is 0 Å². The fourth-order valence-electron chi connectivity index (χ4n) is 10.6. The zero-order valence-electron chi connectivity index (χ0n) is 59.5. The number of rotatable bonds is 66. The maximum absolute atomic E-state index is 10.3. The van der Waals surface area contributed by atoms with Gasteiger partial charge >= 0.3 is 23.9 Å². The van der Waals surface area contributed by atoms with Gasteiger partial charge in [0.15, 0.2) is 0 Å². The van der Waals surface area contributed by atoms with E-state index in [1.54, 1.807) is 13.8 Å². The summed E-state index contributed by atoms with van der Waals surface area (Å²) >= 11 is 0. The van der Waals surface area contributed by atoms with Crippen LogP contribution in [0, 0.1) is 5.41 Å². The van der Waals surface area contributed by atoms with Crippen molar-refractivity contribution < 1.29 is 49.8 Å². The van der Waals surface area contributed by atoms with E-state index < -0.39 is 23.9 Å². The van der Waals surface area contributed by atoms with Crippen molar-refractivity contribution in [2.75, 3.05) is 13.2 Å². The van der Waals surface area contributed by atoms with Crippen molar-refractivity contribution in [1.29, 1.82) is 0 Å². The molecule has 0 fully saturated rings. The number of hydrogen-bond donors (Lipinski definition) is 6. The molecule has 0 radical (unpaired) electrons. The lowest BCUT2D eigenvalue weighted by molar-refractivity contribution is -0.138. The minimum Gasteiger partial charge on any atom is -0.481 e. The molecule has 0 atom stereocenters. The van der Waals surface area contributed by atoms with Crippen LogP contribution < -0.4 is 0 Å². The Morgan fingerprint density at radius 1 is 0.195 bits per heavy atom. The van der Waals surface area contributed by atoms with E-state index in [0.29, 0.717) is 25.7 Å². The minimum atomic E-state index is -0.653. The number of aliphatic hydroxyl groups is 2. The Kier molecular flexibility index (Phi) is 92.3. The summed E-state index contributed by atoms with van der Waals surface area (Å²) in [6.45, 7) is 12.8. The second-order valence-corrected chi connectivity index (χ2v) is 26.9. The summed E-state index contributed by atoms with van der Waals surface area (Å²) in [6.07, 6.45) is 80.8. The summed E-state index contributed by atoms with van der Waals surface area (Å²) in [5.41, 5.74) is -0.306. The van der Waals surface area contributed by atoms with E-state index in [4.69, 9.17) is 30.6 Å². The van der Waals surface area contributed by atoms with Gasteiger partial charge < -0.3 is 30.6 Å². The highest BCUT2D eigenvalue weighted by Gasteiger charge is 2.13. The molecule has 87 heavy (non-hydrogen) atoms. The highest BCUT2D eigenvalue weighted by atomic mass is 16.4. The lowest BCUT2D eigenvalue weighted by Gasteiger charge is -2.16. The number of carbonyl (C=O) groups is 4. The average molecular weight is 1240 g/mol. The van der Waals surface area contributed by atoms with Crippen molar-refractivity contribution in [3.8, 4) is 0 Å². The smallest absolute Gasteiger partial charge is 0.303 e. The molecule has 10 nitrogen and oxygen atoms in total. The molecule has 0 unspecified atom stereocenters. The van der Waals surface area contributed by atoms with Gasteiger partial charge in [-0.25, -0.2) is 0 Å². The summed E-state index contributed by atoms with van der Waals surface area (Å²) in [4.78, 5) is 41.3. The lowest BCUT2D eigenvalue weighted by atomic mass is 9.97. The summed E-state index contributed by atoms with van der Waals surface area (Å²) < 4.78 is 0. The number of unbranched alkanes of at least 4 members (excludes halogenated alkanes) is 56. The molecular formula is C77H156O10. The van der Waals surface area contributed by atoms with E-state index in [-0.39, 0.29) is 18.6 Å². The Morgan fingerprint density at radius 3 is 0.356 bits per heavy atom. The predicted molar refractivity (Wildman–Crippen MR) is 377 cm³/mol. The Labute approximate surface area is 542 Å². The first-order valence-corrected chi connectivity index (χ1v) is 38.3. The number of carboxylic acids is 4.